The Bertz CT molecular complexity index is 349. The van der Waals surface area contributed by atoms with Gasteiger partial charge in [0.25, 0.3) is 0 Å². The molecule has 2 fully saturated rings. The first kappa shape index (κ1) is 13.3. The monoisotopic (exact) mass is 261 g/mol. The molecule has 5 heteroatoms. The van der Waals surface area contributed by atoms with Crippen molar-refractivity contribution in [2.75, 3.05) is 12.9 Å². The van der Waals surface area contributed by atoms with Gasteiger partial charge in [-0.3, -0.25) is 0 Å². The molecular weight excluding hydrogens is 238 g/mol. The lowest BCUT2D eigenvalue weighted by atomic mass is 9.88. The van der Waals surface area contributed by atoms with Crippen molar-refractivity contribution in [3.63, 3.8) is 0 Å². The maximum Gasteiger partial charge on any atom is 0.151 e. The van der Waals surface area contributed by atoms with E-state index in [-0.39, 0.29) is 11.3 Å². The van der Waals surface area contributed by atoms with Gasteiger partial charge in [0.2, 0.25) is 0 Å². The Balaban J connectivity index is 1.80. The number of rotatable bonds is 5. The third-order valence-electron chi connectivity index (χ3n) is 3.95. The molecule has 17 heavy (non-hydrogen) atoms. The molecule has 0 aromatic carbocycles. The molecule has 2 saturated carbocycles. The molecular formula is C12H23NO3S. The Morgan fingerprint density at radius 3 is 2.59 bits per heavy atom. The van der Waals surface area contributed by atoms with Crippen LogP contribution in [0, 0.1) is 0 Å². The Kier molecular flexibility index (Phi) is 4.10. The highest BCUT2D eigenvalue weighted by molar-refractivity contribution is 7.91. The van der Waals surface area contributed by atoms with E-state index >= 15 is 0 Å². The smallest absolute Gasteiger partial charge is 0.151 e. The first-order chi connectivity index (χ1) is 8.00. The maximum absolute atomic E-state index is 11.6. The molecule has 0 radical (unpaired) electrons. The fraction of sp³-hybridized carbons (Fsp3) is 1.00. The van der Waals surface area contributed by atoms with Crippen LogP contribution in [-0.2, 0) is 14.6 Å². The summed E-state index contributed by atoms with van der Waals surface area (Å²) in [6.07, 6.45) is 6.64. The summed E-state index contributed by atoms with van der Waals surface area (Å²) in [5, 5.41) is 3.33. The van der Waals surface area contributed by atoms with Gasteiger partial charge in [-0.25, -0.2) is 8.42 Å². The fourth-order valence-electron chi connectivity index (χ4n) is 3.01. The van der Waals surface area contributed by atoms with Gasteiger partial charge in [0.05, 0.1) is 11.4 Å². The van der Waals surface area contributed by atoms with Gasteiger partial charge in [0.1, 0.15) is 0 Å². The number of ether oxygens (including phenoxy) is 1. The van der Waals surface area contributed by atoms with E-state index in [2.05, 4.69) is 5.32 Å². The first-order valence-corrected chi connectivity index (χ1v) is 8.52. The van der Waals surface area contributed by atoms with Crippen LogP contribution in [0.5, 0.6) is 0 Å². The van der Waals surface area contributed by atoms with E-state index < -0.39 is 9.84 Å². The molecule has 0 spiro atoms. The van der Waals surface area contributed by atoms with Crippen LogP contribution in [0.4, 0.5) is 0 Å². The highest BCUT2D eigenvalue weighted by atomic mass is 32.2. The molecule has 2 atom stereocenters. The van der Waals surface area contributed by atoms with Gasteiger partial charge < -0.3 is 10.1 Å². The summed E-state index contributed by atoms with van der Waals surface area (Å²) in [6, 6.07) is 0.622. The molecule has 2 aliphatic carbocycles. The predicted molar refractivity (Wildman–Crippen MR) is 67.8 cm³/mol. The lowest BCUT2D eigenvalue weighted by molar-refractivity contribution is -0.0121. The van der Waals surface area contributed by atoms with Crippen LogP contribution in [0.2, 0.25) is 0 Å². The van der Waals surface area contributed by atoms with E-state index in [0.29, 0.717) is 12.1 Å². The summed E-state index contributed by atoms with van der Waals surface area (Å²) in [5.74, 6) is 0. The van der Waals surface area contributed by atoms with Gasteiger partial charge in [-0.15, -0.1) is 0 Å². The fourth-order valence-corrected chi connectivity index (χ4v) is 4.41. The SMILES string of the molecule is CCOC1CC(NC2CCCC2S(C)(=O)=O)C1. The normalized spacial score (nSPS) is 38.0. The Morgan fingerprint density at radius 1 is 1.29 bits per heavy atom. The number of nitrogens with one attached hydrogen (secondary N) is 1. The van der Waals surface area contributed by atoms with Crippen LogP contribution in [0.3, 0.4) is 0 Å². The zero-order valence-corrected chi connectivity index (χ0v) is 11.5. The van der Waals surface area contributed by atoms with Gasteiger partial charge in [-0.2, -0.15) is 0 Å². The summed E-state index contributed by atoms with van der Waals surface area (Å²) in [5.41, 5.74) is 0. The molecule has 1 N–H and O–H groups in total. The van der Waals surface area contributed by atoms with Crippen LogP contribution >= 0.6 is 0 Å². The Morgan fingerprint density at radius 2 is 2.00 bits per heavy atom. The standard InChI is InChI=1S/C12H23NO3S/c1-3-16-10-7-9(8-10)13-11-5-4-6-12(11)17(2,14)15/h9-13H,3-8H2,1-2H3. The summed E-state index contributed by atoms with van der Waals surface area (Å²) >= 11 is 0. The highest BCUT2D eigenvalue weighted by Crippen LogP contribution is 2.29. The zero-order chi connectivity index (χ0) is 12.5. The zero-order valence-electron chi connectivity index (χ0n) is 10.7. The van der Waals surface area contributed by atoms with Crippen LogP contribution in [0.1, 0.15) is 39.0 Å². The van der Waals surface area contributed by atoms with E-state index in [1.807, 2.05) is 6.92 Å². The van der Waals surface area contributed by atoms with Crippen LogP contribution in [-0.4, -0.2) is 44.7 Å². The van der Waals surface area contributed by atoms with Gasteiger partial charge in [-0.1, -0.05) is 6.42 Å². The van der Waals surface area contributed by atoms with Gasteiger partial charge in [0, 0.05) is 24.9 Å². The third-order valence-corrected chi connectivity index (χ3v) is 5.61. The van der Waals surface area contributed by atoms with Crippen molar-refractivity contribution in [3.05, 3.63) is 0 Å². The van der Waals surface area contributed by atoms with Gasteiger partial charge >= 0.3 is 0 Å². The van der Waals surface area contributed by atoms with Crippen molar-refractivity contribution >= 4 is 9.84 Å². The molecule has 4 nitrogen and oxygen atoms in total. The molecule has 0 aliphatic heterocycles. The number of hydrogen-bond acceptors (Lipinski definition) is 4. The van der Waals surface area contributed by atoms with E-state index in [0.717, 1.165) is 38.7 Å². The van der Waals surface area contributed by atoms with E-state index in [4.69, 9.17) is 4.74 Å². The van der Waals surface area contributed by atoms with Crippen molar-refractivity contribution in [2.45, 2.75) is 62.5 Å². The molecule has 2 rings (SSSR count). The quantitative estimate of drug-likeness (QED) is 0.805. The summed E-state index contributed by atoms with van der Waals surface area (Å²) in [6.45, 7) is 2.78. The molecule has 0 saturated heterocycles. The van der Waals surface area contributed by atoms with Crippen LogP contribution in [0.15, 0.2) is 0 Å². The van der Waals surface area contributed by atoms with Crippen molar-refractivity contribution in [1.82, 2.24) is 5.32 Å². The van der Waals surface area contributed by atoms with Crippen molar-refractivity contribution in [1.29, 1.82) is 0 Å². The molecule has 2 unspecified atom stereocenters. The largest absolute Gasteiger partial charge is 0.378 e. The minimum Gasteiger partial charge on any atom is -0.378 e. The second-order valence-electron chi connectivity index (χ2n) is 5.32. The minimum absolute atomic E-state index is 0.164. The van der Waals surface area contributed by atoms with Crippen LogP contribution < -0.4 is 5.32 Å². The number of sulfone groups is 1. The van der Waals surface area contributed by atoms with Crippen molar-refractivity contribution < 1.29 is 13.2 Å². The lowest BCUT2D eigenvalue weighted by Gasteiger charge is -2.38. The molecule has 0 heterocycles. The number of hydrogen-bond donors (Lipinski definition) is 1. The topological polar surface area (TPSA) is 55.4 Å². The molecule has 2 aliphatic rings. The Labute approximate surface area is 104 Å². The summed E-state index contributed by atoms with van der Waals surface area (Å²) in [7, 11) is -2.90. The molecule has 0 aromatic rings. The van der Waals surface area contributed by atoms with E-state index in [1.165, 1.54) is 6.26 Å². The van der Waals surface area contributed by atoms with Crippen molar-refractivity contribution in [2.24, 2.45) is 0 Å². The van der Waals surface area contributed by atoms with Gasteiger partial charge in [0.15, 0.2) is 9.84 Å². The summed E-state index contributed by atoms with van der Waals surface area (Å²) < 4.78 is 28.8. The highest BCUT2D eigenvalue weighted by Gasteiger charge is 2.38. The second-order valence-corrected chi connectivity index (χ2v) is 7.58. The second kappa shape index (κ2) is 5.24. The van der Waals surface area contributed by atoms with E-state index in [1.54, 1.807) is 0 Å². The van der Waals surface area contributed by atoms with Gasteiger partial charge in [-0.05, 0) is 32.6 Å². The Hall–Kier alpha value is -0.130. The summed E-state index contributed by atoms with van der Waals surface area (Å²) in [4.78, 5) is 0. The third kappa shape index (κ3) is 3.20. The van der Waals surface area contributed by atoms with Crippen molar-refractivity contribution in [3.8, 4) is 0 Å². The molecule has 0 aromatic heterocycles. The average molecular weight is 261 g/mol. The minimum atomic E-state index is -2.90. The molecule has 0 bridgehead atoms. The lowest BCUT2D eigenvalue weighted by Crippen LogP contribution is -2.52. The average Bonchev–Trinajstić information content (AvgIpc) is 2.62. The molecule has 100 valence electrons. The van der Waals surface area contributed by atoms with E-state index in [9.17, 15) is 8.42 Å². The maximum atomic E-state index is 11.6. The molecule has 0 amide bonds. The first-order valence-electron chi connectivity index (χ1n) is 6.57. The predicted octanol–water partition coefficient (Wildman–Crippen LogP) is 1.11. The van der Waals surface area contributed by atoms with Crippen LogP contribution in [0.25, 0.3) is 0 Å².